The van der Waals surface area contributed by atoms with E-state index in [-0.39, 0.29) is 5.91 Å². The number of aromatic nitrogens is 1. The van der Waals surface area contributed by atoms with E-state index in [1.54, 1.807) is 30.5 Å². The molecule has 0 aliphatic rings. The summed E-state index contributed by atoms with van der Waals surface area (Å²) < 4.78 is 0.740. The third-order valence-electron chi connectivity index (χ3n) is 2.46. The molecule has 0 spiro atoms. The number of hydrogen-bond donors (Lipinski definition) is 2. The van der Waals surface area contributed by atoms with Crippen molar-refractivity contribution in [3.63, 3.8) is 0 Å². The van der Waals surface area contributed by atoms with E-state index in [9.17, 15) is 4.79 Å². The van der Waals surface area contributed by atoms with Gasteiger partial charge >= 0.3 is 0 Å². The maximum absolute atomic E-state index is 11.9. The van der Waals surface area contributed by atoms with E-state index in [0.29, 0.717) is 22.1 Å². The molecule has 1 amide bonds. The molecule has 0 unspecified atom stereocenters. The van der Waals surface area contributed by atoms with Gasteiger partial charge in [-0.2, -0.15) is 0 Å². The molecule has 0 fully saturated rings. The Morgan fingerprint density at radius 1 is 1.35 bits per heavy atom. The lowest BCUT2D eigenvalue weighted by Gasteiger charge is -2.12. The molecule has 0 aliphatic heterocycles. The number of anilines is 2. The number of pyridine rings is 1. The van der Waals surface area contributed by atoms with Gasteiger partial charge in [0, 0.05) is 12.3 Å². The minimum Gasteiger partial charge on any atom is -0.354 e. The van der Waals surface area contributed by atoms with Gasteiger partial charge in [-0.3, -0.25) is 9.63 Å². The molecule has 2 aromatic rings. The molecule has 7 heteroatoms. The zero-order chi connectivity index (χ0) is 14.5. The Hall–Kier alpha value is -1.63. The first kappa shape index (κ1) is 14.8. The Kier molecular flexibility index (Phi) is 4.94. The summed E-state index contributed by atoms with van der Waals surface area (Å²) in [4.78, 5) is 20.5. The van der Waals surface area contributed by atoms with Gasteiger partial charge in [0.05, 0.1) is 28.5 Å². The Morgan fingerprint density at radius 2 is 2.10 bits per heavy atom. The molecule has 104 valence electrons. The van der Waals surface area contributed by atoms with Crippen molar-refractivity contribution in [2.45, 2.75) is 0 Å². The van der Waals surface area contributed by atoms with E-state index < -0.39 is 0 Å². The van der Waals surface area contributed by atoms with Gasteiger partial charge in [0.1, 0.15) is 5.15 Å². The Bertz CT molecular complexity index is 637. The van der Waals surface area contributed by atoms with Crippen molar-refractivity contribution in [2.24, 2.45) is 0 Å². The third-order valence-corrected chi connectivity index (χ3v) is 3.30. The van der Waals surface area contributed by atoms with Crippen LogP contribution in [0.15, 0.2) is 41.0 Å². The highest BCUT2D eigenvalue weighted by Gasteiger charge is 2.12. The monoisotopic (exact) mass is 355 g/mol. The van der Waals surface area contributed by atoms with Crippen molar-refractivity contribution in [2.75, 3.05) is 12.4 Å². The number of nitrogens with one attached hydrogen (secondary N) is 2. The van der Waals surface area contributed by atoms with E-state index in [1.807, 2.05) is 6.07 Å². The van der Waals surface area contributed by atoms with Gasteiger partial charge in [0.2, 0.25) is 0 Å². The zero-order valence-corrected chi connectivity index (χ0v) is 12.8. The highest BCUT2D eigenvalue weighted by molar-refractivity contribution is 9.10. The van der Waals surface area contributed by atoms with Crippen LogP contribution in [-0.4, -0.2) is 18.0 Å². The third kappa shape index (κ3) is 3.47. The van der Waals surface area contributed by atoms with Gasteiger partial charge < -0.3 is 5.32 Å². The van der Waals surface area contributed by atoms with Crippen molar-refractivity contribution < 1.29 is 9.63 Å². The van der Waals surface area contributed by atoms with Gasteiger partial charge in [0.15, 0.2) is 0 Å². The molecule has 1 heterocycles. The van der Waals surface area contributed by atoms with Crippen LogP contribution in [0.25, 0.3) is 0 Å². The molecule has 0 radical (unpaired) electrons. The highest BCUT2D eigenvalue weighted by atomic mass is 79.9. The fraction of sp³-hybridized carbons (Fsp3) is 0.0769. The van der Waals surface area contributed by atoms with E-state index in [4.69, 9.17) is 11.6 Å². The summed E-state index contributed by atoms with van der Waals surface area (Å²) in [5.74, 6) is -0.341. The van der Waals surface area contributed by atoms with Crippen LogP contribution in [0.2, 0.25) is 5.15 Å². The van der Waals surface area contributed by atoms with Crippen LogP contribution in [0.3, 0.4) is 0 Å². The van der Waals surface area contributed by atoms with Gasteiger partial charge in [-0.1, -0.05) is 23.7 Å². The molecule has 5 nitrogen and oxygen atoms in total. The summed E-state index contributed by atoms with van der Waals surface area (Å²) >= 11 is 9.24. The molecule has 1 aromatic heterocycles. The predicted molar refractivity (Wildman–Crippen MR) is 81.1 cm³/mol. The lowest BCUT2D eigenvalue weighted by molar-refractivity contribution is 0.0538. The van der Waals surface area contributed by atoms with E-state index in [2.05, 4.69) is 36.5 Å². The maximum Gasteiger partial charge on any atom is 0.276 e. The number of benzene rings is 1. The Morgan fingerprint density at radius 3 is 2.85 bits per heavy atom. The average Bonchev–Trinajstić information content (AvgIpc) is 2.44. The van der Waals surface area contributed by atoms with Crippen LogP contribution in [0.4, 0.5) is 11.4 Å². The average molecular weight is 357 g/mol. The fourth-order valence-electron chi connectivity index (χ4n) is 1.59. The van der Waals surface area contributed by atoms with Crippen LogP contribution in [-0.2, 0) is 4.84 Å². The number of hydrogen-bond acceptors (Lipinski definition) is 4. The number of halogens is 2. The minimum absolute atomic E-state index is 0.341. The van der Waals surface area contributed by atoms with E-state index in [0.717, 1.165) is 4.47 Å². The normalized spacial score (nSPS) is 10.2. The quantitative estimate of drug-likeness (QED) is 0.650. The fourth-order valence-corrected chi connectivity index (χ4v) is 2.07. The maximum atomic E-state index is 11.9. The highest BCUT2D eigenvalue weighted by Crippen LogP contribution is 2.28. The van der Waals surface area contributed by atoms with Crippen molar-refractivity contribution in [3.05, 3.63) is 51.7 Å². The second kappa shape index (κ2) is 6.69. The summed E-state index contributed by atoms with van der Waals surface area (Å²) in [6.07, 6.45) is 1.59. The number of rotatable bonds is 4. The van der Waals surface area contributed by atoms with E-state index >= 15 is 0 Å². The van der Waals surface area contributed by atoms with Crippen LogP contribution < -0.4 is 10.8 Å². The Labute approximate surface area is 129 Å². The first-order valence-electron chi connectivity index (χ1n) is 5.62. The van der Waals surface area contributed by atoms with Crippen molar-refractivity contribution in [1.29, 1.82) is 0 Å². The summed E-state index contributed by atoms with van der Waals surface area (Å²) in [6, 6.07) is 8.72. The van der Waals surface area contributed by atoms with Crippen molar-refractivity contribution >= 4 is 44.8 Å². The van der Waals surface area contributed by atoms with Gasteiger partial charge in [-0.05, 0) is 28.1 Å². The van der Waals surface area contributed by atoms with Crippen molar-refractivity contribution in [3.8, 4) is 0 Å². The van der Waals surface area contributed by atoms with Gasteiger partial charge in [-0.15, -0.1) is 0 Å². The first-order chi connectivity index (χ1) is 9.61. The lowest BCUT2D eigenvalue weighted by atomic mass is 10.1. The molecule has 2 N–H and O–H groups in total. The number of amides is 1. The standard InChI is InChI=1S/C13H11BrClN3O2/c1-20-18-13(19)8-4-2-3-5-10(8)17-11-6-12(15)16-7-9(11)14/h2-7H,1H3,(H,16,17)(H,18,19). The molecule has 0 atom stereocenters. The van der Waals surface area contributed by atoms with E-state index in [1.165, 1.54) is 7.11 Å². The predicted octanol–water partition coefficient (Wildman–Crippen LogP) is 3.53. The van der Waals surface area contributed by atoms with Crippen LogP contribution >= 0.6 is 27.5 Å². The molecular weight excluding hydrogens is 346 g/mol. The summed E-state index contributed by atoms with van der Waals surface area (Å²) in [5.41, 5.74) is 4.08. The number of para-hydroxylation sites is 1. The summed E-state index contributed by atoms with van der Waals surface area (Å²) in [6.45, 7) is 0. The van der Waals surface area contributed by atoms with Crippen LogP contribution in [0, 0.1) is 0 Å². The first-order valence-corrected chi connectivity index (χ1v) is 6.79. The second-order valence-electron chi connectivity index (χ2n) is 3.79. The zero-order valence-electron chi connectivity index (χ0n) is 10.5. The number of carbonyl (C=O) groups excluding carboxylic acids is 1. The summed E-state index contributed by atoms with van der Waals surface area (Å²) in [5, 5.41) is 3.49. The smallest absolute Gasteiger partial charge is 0.276 e. The molecule has 0 saturated heterocycles. The molecule has 0 bridgehead atoms. The van der Waals surface area contributed by atoms with Gasteiger partial charge in [-0.25, -0.2) is 10.5 Å². The SMILES string of the molecule is CONC(=O)c1ccccc1Nc1cc(Cl)ncc1Br. The topological polar surface area (TPSA) is 63.2 Å². The summed E-state index contributed by atoms with van der Waals surface area (Å²) in [7, 11) is 1.38. The number of nitrogens with zero attached hydrogens (tertiary/aromatic N) is 1. The molecule has 20 heavy (non-hydrogen) atoms. The van der Waals surface area contributed by atoms with Gasteiger partial charge in [0.25, 0.3) is 5.91 Å². The molecule has 0 aliphatic carbocycles. The van der Waals surface area contributed by atoms with Crippen LogP contribution in [0.1, 0.15) is 10.4 Å². The minimum atomic E-state index is -0.341. The number of carbonyl (C=O) groups is 1. The van der Waals surface area contributed by atoms with Crippen molar-refractivity contribution in [1.82, 2.24) is 10.5 Å². The Balaban J connectivity index is 2.34. The number of hydroxylamine groups is 1. The lowest BCUT2D eigenvalue weighted by Crippen LogP contribution is -2.22. The molecule has 0 saturated carbocycles. The second-order valence-corrected chi connectivity index (χ2v) is 5.03. The molecular formula is C13H11BrClN3O2. The molecule has 2 rings (SSSR count). The van der Waals surface area contributed by atoms with Crippen LogP contribution in [0.5, 0.6) is 0 Å². The largest absolute Gasteiger partial charge is 0.354 e. The molecule has 1 aromatic carbocycles.